The third-order valence-corrected chi connectivity index (χ3v) is 5.69. The lowest BCUT2D eigenvalue weighted by molar-refractivity contribution is -0.115. The number of carbonyl (C=O) groups is 2. The molecule has 0 radical (unpaired) electrons. The maximum atomic E-state index is 12.1. The van der Waals surface area contributed by atoms with E-state index in [9.17, 15) is 18.0 Å². The summed E-state index contributed by atoms with van der Waals surface area (Å²) >= 11 is 1.22. The Balaban J connectivity index is 1.91. The third kappa shape index (κ3) is 5.17. The molecule has 0 unspecified atom stereocenters. The zero-order valence-electron chi connectivity index (χ0n) is 13.1. The summed E-state index contributed by atoms with van der Waals surface area (Å²) in [5, 5.41) is 7.18. The molecule has 1 heterocycles. The molecule has 0 aliphatic carbocycles. The van der Waals surface area contributed by atoms with Gasteiger partial charge < -0.3 is 10.6 Å². The van der Waals surface area contributed by atoms with Crippen LogP contribution < -0.4 is 10.6 Å². The number of carbonyl (C=O) groups excluding carboxylic acids is 2. The first-order valence-electron chi connectivity index (χ1n) is 7.25. The van der Waals surface area contributed by atoms with Gasteiger partial charge in [-0.1, -0.05) is 30.3 Å². The van der Waals surface area contributed by atoms with Crippen molar-refractivity contribution in [1.82, 2.24) is 5.32 Å². The van der Waals surface area contributed by atoms with Crippen molar-refractivity contribution in [2.24, 2.45) is 0 Å². The Kier molecular flexibility index (Phi) is 6.10. The minimum Gasteiger partial charge on any atom is -0.355 e. The third-order valence-electron chi connectivity index (χ3n) is 3.26. The number of hydrogen-bond acceptors (Lipinski definition) is 5. The zero-order valence-corrected chi connectivity index (χ0v) is 14.7. The van der Waals surface area contributed by atoms with Crippen molar-refractivity contribution in [2.75, 3.05) is 18.1 Å². The number of thiophene rings is 1. The Labute approximate surface area is 144 Å². The summed E-state index contributed by atoms with van der Waals surface area (Å²) in [5.74, 6) is -1.07. The molecule has 2 N–H and O–H groups in total. The average Bonchev–Trinajstić information content (AvgIpc) is 3.01. The Morgan fingerprint density at radius 3 is 2.50 bits per heavy atom. The van der Waals surface area contributed by atoms with Gasteiger partial charge in [-0.15, -0.1) is 11.3 Å². The van der Waals surface area contributed by atoms with Gasteiger partial charge in [0.1, 0.15) is 5.00 Å². The second kappa shape index (κ2) is 8.07. The van der Waals surface area contributed by atoms with Gasteiger partial charge in [0, 0.05) is 13.5 Å². The topological polar surface area (TPSA) is 92.3 Å². The molecule has 0 spiro atoms. The van der Waals surface area contributed by atoms with Gasteiger partial charge in [0.15, 0.2) is 9.84 Å². The number of amides is 2. The van der Waals surface area contributed by atoms with Gasteiger partial charge in [-0.25, -0.2) is 8.42 Å². The van der Waals surface area contributed by atoms with Crippen LogP contribution in [0.15, 0.2) is 41.8 Å². The molecule has 2 rings (SSSR count). The first kappa shape index (κ1) is 18.2. The van der Waals surface area contributed by atoms with Crippen LogP contribution in [0.2, 0.25) is 0 Å². The fraction of sp³-hybridized carbons (Fsp3) is 0.250. The smallest absolute Gasteiger partial charge is 0.254 e. The van der Waals surface area contributed by atoms with E-state index in [1.165, 1.54) is 18.4 Å². The van der Waals surface area contributed by atoms with Crippen LogP contribution >= 0.6 is 11.3 Å². The summed E-state index contributed by atoms with van der Waals surface area (Å²) in [5.41, 5.74) is 1.06. The molecule has 0 saturated heterocycles. The summed E-state index contributed by atoms with van der Waals surface area (Å²) in [6.07, 6.45) is -0.153. The average molecular weight is 366 g/mol. The number of anilines is 1. The standard InChI is InChI=1S/C16H18N2O4S2/c1-17-15(20)13-7-9-23-16(13)18-14(19)8-10-24(21,22)11-12-5-3-2-4-6-12/h2-7,9H,8,10-11H2,1H3,(H,17,20)(H,18,19). The van der Waals surface area contributed by atoms with Crippen molar-refractivity contribution in [3.05, 3.63) is 52.9 Å². The molecule has 0 bridgehead atoms. The molecule has 0 aliphatic rings. The van der Waals surface area contributed by atoms with Crippen LogP contribution in [0.1, 0.15) is 22.3 Å². The molecule has 2 aromatic rings. The van der Waals surface area contributed by atoms with E-state index in [4.69, 9.17) is 0 Å². The normalized spacial score (nSPS) is 11.0. The summed E-state index contributed by atoms with van der Waals surface area (Å²) in [4.78, 5) is 23.6. The molecule has 0 atom stereocenters. The van der Waals surface area contributed by atoms with E-state index in [2.05, 4.69) is 10.6 Å². The summed E-state index contributed by atoms with van der Waals surface area (Å²) in [6, 6.07) is 10.4. The molecular weight excluding hydrogens is 348 g/mol. The number of rotatable bonds is 7. The highest BCUT2D eigenvalue weighted by Gasteiger charge is 2.17. The van der Waals surface area contributed by atoms with E-state index in [-0.39, 0.29) is 23.8 Å². The Morgan fingerprint density at radius 2 is 1.83 bits per heavy atom. The first-order valence-corrected chi connectivity index (χ1v) is 9.95. The van der Waals surface area contributed by atoms with Gasteiger partial charge in [0.25, 0.3) is 5.91 Å². The summed E-state index contributed by atoms with van der Waals surface area (Å²) < 4.78 is 24.2. The predicted molar refractivity (Wildman–Crippen MR) is 94.9 cm³/mol. The van der Waals surface area contributed by atoms with E-state index in [0.29, 0.717) is 16.1 Å². The van der Waals surface area contributed by atoms with Crippen molar-refractivity contribution < 1.29 is 18.0 Å². The van der Waals surface area contributed by atoms with Crippen LogP contribution in [-0.4, -0.2) is 33.0 Å². The predicted octanol–water partition coefficient (Wildman–Crippen LogP) is 2.05. The molecule has 0 saturated carbocycles. The fourth-order valence-corrected chi connectivity index (χ4v) is 4.20. The monoisotopic (exact) mass is 366 g/mol. The van der Waals surface area contributed by atoms with Crippen LogP contribution in [0.5, 0.6) is 0 Å². The second-order valence-corrected chi connectivity index (χ2v) is 8.22. The Bertz CT molecular complexity index is 814. The highest BCUT2D eigenvalue weighted by Crippen LogP contribution is 2.23. The van der Waals surface area contributed by atoms with Crippen LogP contribution in [0, 0.1) is 0 Å². The first-order chi connectivity index (χ1) is 11.4. The number of sulfone groups is 1. The fourth-order valence-electron chi connectivity index (χ4n) is 2.06. The van der Waals surface area contributed by atoms with E-state index >= 15 is 0 Å². The van der Waals surface area contributed by atoms with Gasteiger partial charge >= 0.3 is 0 Å². The van der Waals surface area contributed by atoms with E-state index in [0.717, 1.165) is 0 Å². The van der Waals surface area contributed by atoms with Crippen molar-refractivity contribution in [2.45, 2.75) is 12.2 Å². The molecule has 0 aliphatic heterocycles. The van der Waals surface area contributed by atoms with Gasteiger partial charge in [-0.3, -0.25) is 9.59 Å². The molecule has 2 amide bonds. The van der Waals surface area contributed by atoms with Gasteiger partial charge in [-0.05, 0) is 17.0 Å². The minimum absolute atomic E-state index is 0.0936. The molecule has 6 nitrogen and oxygen atoms in total. The van der Waals surface area contributed by atoms with E-state index < -0.39 is 15.7 Å². The van der Waals surface area contributed by atoms with Gasteiger partial charge in [0.2, 0.25) is 5.91 Å². The maximum absolute atomic E-state index is 12.1. The highest BCUT2D eigenvalue weighted by molar-refractivity contribution is 7.90. The largest absolute Gasteiger partial charge is 0.355 e. The molecule has 1 aromatic heterocycles. The number of hydrogen-bond donors (Lipinski definition) is 2. The van der Waals surface area contributed by atoms with Crippen LogP contribution in [0.3, 0.4) is 0 Å². The number of nitrogens with one attached hydrogen (secondary N) is 2. The van der Waals surface area contributed by atoms with Crippen molar-refractivity contribution >= 4 is 38.0 Å². The SMILES string of the molecule is CNC(=O)c1ccsc1NC(=O)CCS(=O)(=O)Cc1ccccc1. The van der Waals surface area contributed by atoms with Crippen molar-refractivity contribution in [1.29, 1.82) is 0 Å². The molecule has 128 valence electrons. The Morgan fingerprint density at radius 1 is 1.12 bits per heavy atom. The maximum Gasteiger partial charge on any atom is 0.254 e. The lowest BCUT2D eigenvalue weighted by atomic mass is 10.2. The van der Waals surface area contributed by atoms with E-state index in [1.54, 1.807) is 35.7 Å². The lowest BCUT2D eigenvalue weighted by Gasteiger charge is -2.07. The molecule has 8 heteroatoms. The van der Waals surface area contributed by atoms with Crippen LogP contribution in [0.4, 0.5) is 5.00 Å². The molecule has 1 aromatic carbocycles. The van der Waals surface area contributed by atoms with Crippen molar-refractivity contribution in [3.8, 4) is 0 Å². The van der Waals surface area contributed by atoms with E-state index in [1.807, 2.05) is 6.07 Å². The zero-order chi connectivity index (χ0) is 17.6. The highest BCUT2D eigenvalue weighted by atomic mass is 32.2. The molecular formula is C16H18N2O4S2. The lowest BCUT2D eigenvalue weighted by Crippen LogP contribution is -2.21. The molecule has 24 heavy (non-hydrogen) atoms. The second-order valence-electron chi connectivity index (χ2n) is 5.12. The van der Waals surface area contributed by atoms with Crippen LogP contribution in [0.25, 0.3) is 0 Å². The Hall–Kier alpha value is -2.19. The van der Waals surface area contributed by atoms with Crippen molar-refractivity contribution in [3.63, 3.8) is 0 Å². The molecule has 0 fully saturated rings. The minimum atomic E-state index is -3.38. The summed E-state index contributed by atoms with van der Waals surface area (Å²) in [7, 11) is -1.87. The van der Waals surface area contributed by atoms with Gasteiger partial charge in [-0.2, -0.15) is 0 Å². The number of benzene rings is 1. The summed E-state index contributed by atoms with van der Waals surface area (Å²) in [6.45, 7) is 0. The van der Waals surface area contributed by atoms with Gasteiger partial charge in [0.05, 0.1) is 17.1 Å². The van der Waals surface area contributed by atoms with Crippen LogP contribution in [-0.2, 0) is 20.4 Å². The quantitative estimate of drug-likeness (QED) is 0.784.